The molecule has 118 valence electrons. The van der Waals surface area contributed by atoms with Crippen LogP contribution in [0.5, 0.6) is 0 Å². The lowest BCUT2D eigenvalue weighted by atomic mass is 9.87. The van der Waals surface area contributed by atoms with Crippen LogP contribution in [0.2, 0.25) is 0 Å². The highest BCUT2D eigenvalue weighted by molar-refractivity contribution is 6.02. The minimum Gasteiger partial charge on any atom is -0.465 e. The average Bonchev–Trinajstić information content (AvgIpc) is 2.78. The number of carbonyl (C=O) groups is 1. The molecule has 0 heterocycles. The Kier molecular flexibility index (Phi) is 4.30. The molecule has 0 aromatic heterocycles. The number of hydrogen-bond donors (Lipinski definition) is 1. The molecule has 22 heavy (non-hydrogen) atoms. The third kappa shape index (κ3) is 2.73. The lowest BCUT2D eigenvalue weighted by Crippen LogP contribution is -2.10. The minimum absolute atomic E-state index is 0.0250. The van der Waals surface area contributed by atoms with Crippen molar-refractivity contribution in [1.82, 2.24) is 0 Å². The van der Waals surface area contributed by atoms with Crippen molar-refractivity contribution in [2.24, 2.45) is 0 Å². The summed E-state index contributed by atoms with van der Waals surface area (Å²) in [4.78, 5) is 12.2. The zero-order valence-corrected chi connectivity index (χ0v) is 14.2. The predicted octanol–water partition coefficient (Wildman–Crippen LogP) is 3.98. The topological polar surface area (TPSA) is 46.5 Å². The Bertz CT molecular complexity index is 693. The quantitative estimate of drug-likeness (QED) is 0.853. The largest absolute Gasteiger partial charge is 0.465 e. The van der Waals surface area contributed by atoms with Crippen LogP contribution in [-0.2, 0) is 16.8 Å². The van der Waals surface area contributed by atoms with Crippen LogP contribution >= 0.6 is 0 Å². The van der Waals surface area contributed by atoms with Crippen LogP contribution < -0.4 is 0 Å². The summed E-state index contributed by atoms with van der Waals surface area (Å²) in [6.45, 7) is 10.4. The molecule has 2 aliphatic rings. The van der Waals surface area contributed by atoms with Gasteiger partial charge in [0.1, 0.15) is 0 Å². The van der Waals surface area contributed by atoms with E-state index in [1.54, 1.807) is 0 Å². The summed E-state index contributed by atoms with van der Waals surface area (Å²) in [5.74, 6) is -0.398. The van der Waals surface area contributed by atoms with E-state index in [-0.39, 0.29) is 12.0 Å². The Morgan fingerprint density at radius 2 is 1.73 bits per heavy atom. The van der Waals surface area contributed by atoms with Gasteiger partial charge in [0.25, 0.3) is 0 Å². The Morgan fingerprint density at radius 3 is 2.23 bits per heavy atom. The zero-order chi connectivity index (χ0) is 16.7. The van der Waals surface area contributed by atoms with E-state index in [1.165, 1.54) is 12.7 Å². The predicted molar refractivity (Wildman–Crippen MR) is 88.5 cm³/mol. The maximum Gasteiger partial charge on any atom is 0.338 e. The lowest BCUT2D eigenvalue weighted by Gasteiger charge is -2.18. The normalized spacial score (nSPS) is 11.8. The van der Waals surface area contributed by atoms with Crippen LogP contribution in [0.1, 0.15) is 53.4 Å². The molecule has 0 aromatic rings. The van der Waals surface area contributed by atoms with Gasteiger partial charge in [-0.3, -0.25) is 0 Å². The smallest absolute Gasteiger partial charge is 0.338 e. The second kappa shape index (κ2) is 5.73. The fourth-order valence-corrected chi connectivity index (χ4v) is 2.89. The summed E-state index contributed by atoms with van der Waals surface area (Å²) in [5.41, 5.74) is 6.35. The molecular weight excluding hydrogens is 276 g/mol. The molecule has 0 fully saturated rings. The van der Waals surface area contributed by atoms with Gasteiger partial charge in [0, 0.05) is 0 Å². The monoisotopic (exact) mass is 300 g/mol. The summed E-state index contributed by atoms with van der Waals surface area (Å²) in [5, 5.41) is 9.58. The number of rotatable bonds is 2. The van der Waals surface area contributed by atoms with Crippen LogP contribution in [0, 0.1) is 13.8 Å². The molecular formula is C19H24O3. The van der Waals surface area contributed by atoms with Crippen molar-refractivity contribution in [3.8, 4) is 11.1 Å². The third-order valence-electron chi connectivity index (χ3n) is 4.15. The van der Waals surface area contributed by atoms with Gasteiger partial charge in [-0.05, 0) is 58.7 Å². The van der Waals surface area contributed by atoms with Crippen LogP contribution in [0.25, 0.3) is 11.1 Å². The van der Waals surface area contributed by atoms with Crippen molar-refractivity contribution < 1.29 is 14.6 Å². The number of aliphatic hydroxyl groups is 1. The number of hydrogen-bond acceptors (Lipinski definition) is 3. The highest BCUT2D eigenvalue weighted by Gasteiger charge is 2.25. The molecule has 0 radical (unpaired) electrons. The third-order valence-corrected chi connectivity index (χ3v) is 4.15. The molecule has 2 rings (SSSR count). The minimum atomic E-state index is -0.398. The van der Waals surface area contributed by atoms with Gasteiger partial charge < -0.3 is 9.84 Å². The van der Waals surface area contributed by atoms with Gasteiger partial charge in [-0.15, -0.1) is 0 Å². The molecule has 0 saturated carbocycles. The molecule has 0 atom stereocenters. The van der Waals surface area contributed by atoms with Crippen molar-refractivity contribution in [2.45, 2.75) is 46.6 Å². The van der Waals surface area contributed by atoms with Gasteiger partial charge >= 0.3 is 5.97 Å². The number of aryl methyl sites for hydroxylation is 2. The van der Waals surface area contributed by atoms with E-state index in [0.717, 1.165) is 22.3 Å². The molecule has 1 N–H and O–H groups in total. The van der Waals surface area contributed by atoms with Gasteiger partial charge in [-0.2, -0.15) is 0 Å². The second-order valence-electron chi connectivity index (χ2n) is 6.84. The molecule has 0 aromatic carbocycles. The van der Waals surface area contributed by atoms with Gasteiger partial charge in [0.2, 0.25) is 0 Å². The van der Waals surface area contributed by atoms with Crippen molar-refractivity contribution in [2.75, 3.05) is 7.11 Å². The molecule has 3 nitrogen and oxygen atoms in total. The van der Waals surface area contributed by atoms with Crippen molar-refractivity contribution >= 4 is 5.97 Å². The highest BCUT2D eigenvalue weighted by atomic mass is 16.5. The summed E-state index contributed by atoms with van der Waals surface area (Å²) < 4.78 is 4.92. The summed E-state index contributed by atoms with van der Waals surface area (Å²) in [6, 6.07) is 6.19. The fourth-order valence-electron chi connectivity index (χ4n) is 2.89. The highest BCUT2D eigenvalue weighted by Crippen LogP contribution is 2.39. The number of aliphatic hydroxyl groups excluding tert-OH is 1. The van der Waals surface area contributed by atoms with Crippen LogP contribution in [0.3, 0.4) is 0 Å². The molecule has 0 bridgehead atoms. The van der Waals surface area contributed by atoms with Gasteiger partial charge in [-0.25, -0.2) is 4.79 Å². The first-order valence-corrected chi connectivity index (χ1v) is 7.47. The number of esters is 1. The fraction of sp³-hybridized carbons (Fsp3) is 0.421. The zero-order valence-electron chi connectivity index (χ0n) is 14.2. The first-order valence-electron chi connectivity index (χ1n) is 7.47. The van der Waals surface area contributed by atoms with E-state index in [1.807, 2.05) is 19.9 Å². The van der Waals surface area contributed by atoms with Crippen molar-refractivity contribution in [1.29, 1.82) is 0 Å². The van der Waals surface area contributed by atoms with Crippen LogP contribution in [-0.4, -0.2) is 18.2 Å². The van der Waals surface area contributed by atoms with Crippen molar-refractivity contribution in [3.05, 3.63) is 46.0 Å². The summed E-state index contributed by atoms with van der Waals surface area (Å²) in [6.07, 6.45) is 0. The standard InChI is InChI=1S/C19H24O3/c1-11-7-14(19(3,4)5)8-12(2)16-15(11)9-13(10-20)17(16)18(21)22-6/h7-9,20H,10H2,1-6H3. The molecule has 2 aliphatic carbocycles. The summed E-state index contributed by atoms with van der Waals surface area (Å²) in [7, 11) is 1.37. The first kappa shape index (κ1) is 16.5. The second-order valence-corrected chi connectivity index (χ2v) is 6.84. The van der Waals surface area contributed by atoms with Gasteiger partial charge in [0.05, 0.1) is 19.3 Å². The number of ether oxygens (including phenoxy) is 1. The SMILES string of the molecule is COC(=O)c1c(CO)cc2c(C)cc(C(C)(C)C)cc(C)c1-2. The van der Waals surface area contributed by atoms with Crippen LogP contribution in [0.4, 0.5) is 0 Å². The molecule has 3 heteroatoms. The molecule has 0 aliphatic heterocycles. The number of methoxy groups -OCH3 is 1. The lowest BCUT2D eigenvalue weighted by molar-refractivity contribution is 0.0598. The maximum atomic E-state index is 12.2. The van der Waals surface area contributed by atoms with Gasteiger partial charge in [0.15, 0.2) is 0 Å². The molecule has 0 unspecified atom stereocenters. The Balaban J connectivity index is 2.89. The average molecular weight is 300 g/mol. The van der Waals surface area contributed by atoms with E-state index >= 15 is 0 Å². The number of carbonyl (C=O) groups excluding carboxylic acids is 1. The van der Waals surface area contributed by atoms with E-state index < -0.39 is 5.97 Å². The summed E-state index contributed by atoms with van der Waals surface area (Å²) >= 11 is 0. The Hall–Kier alpha value is -1.87. The van der Waals surface area contributed by atoms with E-state index in [0.29, 0.717) is 11.1 Å². The van der Waals surface area contributed by atoms with E-state index in [9.17, 15) is 9.90 Å². The molecule has 0 amide bonds. The van der Waals surface area contributed by atoms with E-state index in [2.05, 4.69) is 32.9 Å². The Morgan fingerprint density at radius 1 is 1.14 bits per heavy atom. The van der Waals surface area contributed by atoms with Crippen molar-refractivity contribution in [3.63, 3.8) is 0 Å². The first-order chi connectivity index (χ1) is 10.2. The van der Waals surface area contributed by atoms with Crippen LogP contribution in [0.15, 0.2) is 18.2 Å². The van der Waals surface area contributed by atoms with E-state index in [4.69, 9.17) is 4.74 Å². The maximum absolute atomic E-state index is 12.2. The van der Waals surface area contributed by atoms with Gasteiger partial charge in [-0.1, -0.05) is 32.9 Å². The molecule has 0 spiro atoms. The Labute approximate surface area is 132 Å². The molecule has 0 saturated heterocycles. The number of fused-ring (bicyclic) bond motifs is 1.